The molecule has 0 unspecified atom stereocenters. The summed E-state index contributed by atoms with van der Waals surface area (Å²) >= 11 is 1.43. The van der Waals surface area contributed by atoms with Gasteiger partial charge in [0.15, 0.2) is 10.6 Å². The highest BCUT2D eigenvalue weighted by Gasteiger charge is 2.12. The molecule has 0 radical (unpaired) electrons. The molecule has 4 nitrogen and oxygen atoms in total. The zero-order valence-electron chi connectivity index (χ0n) is 11.3. The molecule has 0 bridgehead atoms. The standard InChI is InChI=1S/C14H17N3OS/c1-4-17-9(2)13(10(3)18)19-14(17)16-12-7-5-11(15)6-8-12/h5-8H,4,15H2,1-3H3/b16-14-. The number of benzene rings is 1. The second-order valence-corrected chi connectivity index (χ2v) is 5.28. The van der Waals surface area contributed by atoms with Crippen LogP contribution in [0, 0.1) is 6.92 Å². The van der Waals surface area contributed by atoms with Gasteiger partial charge in [-0.1, -0.05) is 11.3 Å². The fraction of sp³-hybridized carbons (Fsp3) is 0.286. The van der Waals surface area contributed by atoms with Gasteiger partial charge in [-0.05, 0) is 38.1 Å². The smallest absolute Gasteiger partial charge is 0.190 e. The predicted molar refractivity (Wildman–Crippen MR) is 78.8 cm³/mol. The summed E-state index contributed by atoms with van der Waals surface area (Å²) in [6, 6.07) is 7.39. The fourth-order valence-electron chi connectivity index (χ4n) is 1.93. The number of anilines is 1. The van der Waals surface area contributed by atoms with Crippen LogP contribution in [0.2, 0.25) is 0 Å². The van der Waals surface area contributed by atoms with E-state index >= 15 is 0 Å². The Balaban J connectivity index is 2.58. The van der Waals surface area contributed by atoms with Gasteiger partial charge >= 0.3 is 0 Å². The SMILES string of the molecule is CCn1c(C)c(C(C)=O)s/c1=N\c1ccc(N)cc1. The maximum absolute atomic E-state index is 11.6. The van der Waals surface area contributed by atoms with E-state index in [1.54, 1.807) is 6.92 Å². The zero-order valence-corrected chi connectivity index (χ0v) is 12.1. The van der Waals surface area contributed by atoms with Crippen LogP contribution in [0.4, 0.5) is 11.4 Å². The van der Waals surface area contributed by atoms with Crippen LogP contribution in [0.5, 0.6) is 0 Å². The van der Waals surface area contributed by atoms with Crippen LogP contribution >= 0.6 is 11.3 Å². The van der Waals surface area contributed by atoms with Crippen molar-refractivity contribution in [3.05, 3.63) is 39.6 Å². The van der Waals surface area contributed by atoms with Gasteiger partial charge in [0.2, 0.25) is 0 Å². The van der Waals surface area contributed by atoms with E-state index in [0.29, 0.717) is 5.69 Å². The highest BCUT2D eigenvalue weighted by atomic mass is 32.1. The Morgan fingerprint density at radius 3 is 2.53 bits per heavy atom. The minimum Gasteiger partial charge on any atom is -0.399 e. The molecule has 2 rings (SSSR count). The van der Waals surface area contributed by atoms with Gasteiger partial charge in [0.05, 0.1) is 10.6 Å². The summed E-state index contributed by atoms with van der Waals surface area (Å²) in [5.74, 6) is 0.0865. The van der Waals surface area contributed by atoms with Crippen molar-refractivity contribution in [3.63, 3.8) is 0 Å². The molecule has 1 heterocycles. The molecular weight excluding hydrogens is 258 g/mol. The summed E-state index contributed by atoms with van der Waals surface area (Å²) < 4.78 is 2.05. The molecule has 0 amide bonds. The number of nitrogens with two attached hydrogens (primary N) is 1. The van der Waals surface area contributed by atoms with Gasteiger partial charge in [-0.3, -0.25) is 4.79 Å². The molecule has 0 aliphatic rings. The van der Waals surface area contributed by atoms with E-state index < -0.39 is 0 Å². The first-order valence-corrected chi connectivity index (χ1v) is 6.96. The van der Waals surface area contributed by atoms with Crippen LogP contribution in [-0.4, -0.2) is 10.4 Å². The molecule has 2 N–H and O–H groups in total. The third-order valence-electron chi connectivity index (χ3n) is 2.91. The maximum Gasteiger partial charge on any atom is 0.190 e. The van der Waals surface area contributed by atoms with Crippen molar-refractivity contribution >= 4 is 28.5 Å². The molecule has 1 aromatic heterocycles. The van der Waals surface area contributed by atoms with E-state index in [4.69, 9.17) is 5.73 Å². The average molecular weight is 275 g/mol. The van der Waals surface area contributed by atoms with Crippen molar-refractivity contribution in [1.29, 1.82) is 0 Å². The molecule has 0 aliphatic carbocycles. The van der Waals surface area contributed by atoms with Gasteiger partial charge in [0.25, 0.3) is 0 Å². The molecule has 2 aromatic rings. The van der Waals surface area contributed by atoms with Crippen molar-refractivity contribution in [2.45, 2.75) is 27.3 Å². The number of carbonyl (C=O) groups is 1. The Hall–Kier alpha value is -1.88. The Morgan fingerprint density at radius 2 is 2.00 bits per heavy atom. The van der Waals surface area contributed by atoms with Crippen LogP contribution < -0.4 is 10.5 Å². The first kappa shape index (κ1) is 13.5. The van der Waals surface area contributed by atoms with E-state index in [1.165, 1.54) is 11.3 Å². The van der Waals surface area contributed by atoms with E-state index in [2.05, 4.69) is 9.56 Å². The second-order valence-electron chi connectivity index (χ2n) is 4.30. The van der Waals surface area contributed by atoms with Gasteiger partial charge in [-0.15, -0.1) is 0 Å². The first-order chi connectivity index (χ1) is 9.02. The second kappa shape index (κ2) is 5.40. The Kier molecular flexibility index (Phi) is 3.85. The molecule has 5 heteroatoms. The molecule has 0 atom stereocenters. The topological polar surface area (TPSA) is 60.4 Å². The number of nitrogen functional groups attached to an aromatic ring is 1. The zero-order chi connectivity index (χ0) is 14.0. The summed E-state index contributed by atoms with van der Waals surface area (Å²) in [6.45, 7) is 6.39. The number of carbonyl (C=O) groups excluding carboxylic acids is 1. The minimum absolute atomic E-state index is 0.0865. The van der Waals surface area contributed by atoms with Gasteiger partial charge < -0.3 is 10.3 Å². The van der Waals surface area contributed by atoms with Crippen LogP contribution in [0.3, 0.4) is 0 Å². The summed E-state index contributed by atoms with van der Waals surface area (Å²) in [5.41, 5.74) is 8.19. The summed E-state index contributed by atoms with van der Waals surface area (Å²) in [5, 5.41) is 0. The molecule has 0 spiro atoms. The number of hydrogen-bond acceptors (Lipinski definition) is 4. The van der Waals surface area contributed by atoms with Crippen molar-refractivity contribution in [3.8, 4) is 0 Å². The lowest BCUT2D eigenvalue weighted by atomic mass is 10.3. The largest absolute Gasteiger partial charge is 0.399 e. The lowest BCUT2D eigenvalue weighted by molar-refractivity contribution is 0.102. The lowest BCUT2D eigenvalue weighted by Gasteiger charge is -2.01. The van der Waals surface area contributed by atoms with E-state index in [1.807, 2.05) is 38.1 Å². The van der Waals surface area contributed by atoms with Gasteiger partial charge in [0.1, 0.15) is 0 Å². The normalized spacial score (nSPS) is 11.8. The summed E-state index contributed by atoms with van der Waals surface area (Å²) in [7, 11) is 0. The predicted octanol–water partition coefficient (Wildman–Crippen LogP) is 2.90. The molecular formula is C14H17N3OS. The number of rotatable bonds is 3. The first-order valence-electron chi connectivity index (χ1n) is 6.14. The van der Waals surface area contributed by atoms with Gasteiger partial charge in [0, 0.05) is 24.8 Å². The third-order valence-corrected chi connectivity index (χ3v) is 4.19. The molecule has 0 saturated carbocycles. The molecule has 19 heavy (non-hydrogen) atoms. The van der Waals surface area contributed by atoms with Crippen molar-refractivity contribution < 1.29 is 4.79 Å². The number of ketones is 1. The van der Waals surface area contributed by atoms with Gasteiger partial charge in [-0.25, -0.2) is 4.99 Å². The fourth-order valence-corrected chi connectivity index (χ4v) is 3.04. The summed E-state index contributed by atoms with van der Waals surface area (Å²) in [4.78, 5) is 17.8. The summed E-state index contributed by atoms with van der Waals surface area (Å²) in [6.07, 6.45) is 0. The Bertz CT molecular complexity index is 665. The van der Waals surface area contributed by atoms with E-state index in [9.17, 15) is 4.79 Å². The van der Waals surface area contributed by atoms with Gasteiger partial charge in [-0.2, -0.15) is 0 Å². The van der Waals surface area contributed by atoms with Crippen molar-refractivity contribution in [2.24, 2.45) is 4.99 Å². The Labute approximate surface area is 116 Å². The molecule has 100 valence electrons. The maximum atomic E-state index is 11.6. The third kappa shape index (κ3) is 2.76. The minimum atomic E-state index is 0.0865. The number of aromatic nitrogens is 1. The number of Topliss-reactive ketones (excluding diaryl/α,β-unsaturated/α-hetero) is 1. The monoisotopic (exact) mass is 275 g/mol. The van der Waals surface area contributed by atoms with Crippen LogP contribution in [0.25, 0.3) is 0 Å². The molecule has 0 saturated heterocycles. The van der Waals surface area contributed by atoms with Crippen molar-refractivity contribution in [2.75, 3.05) is 5.73 Å². The lowest BCUT2D eigenvalue weighted by Crippen LogP contribution is -2.14. The van der Waals surface area contributed by atoms with Crippen LogP contribution in [0.1, 0.15) is 29.2 Å². The highest BCUT2D eigenvalue weighted by Crippen LogP contribution is 2.16. The van der Waals surface area contributed by atoms with Crippen LogP contribution in [-0.2, 0) is 6.54 Å². The van der Waals surface area contributed by atoms with Crippen molar-refractivity contribution in [1.82, 2.24) is 4.57 Å². The van der Waals surface area contributed by atoms with E-state index in [0.717, 1.165) is 27.6 Å². The molecule has 1 aromatic carbocycles. The highest BCUT2D eigenvalue weighted by molar-refractivity contribution is 7.11. The number of thiazole rings is 1. The van der Waals surface area contributed by atoms with Crippen LogP contribution in [0.15, 0.2) is 29.3 Å². The molecule has 0 fully saturated rings. The number of hydrogen-bond donors (Lipinski definition) is 1. The van der Waals surface area contributed by atoms with E-state index in [-0.39, 0.29) is 5.78 Å². The average Bonchev–Trinajstić information content (AvgIpc) is 2.68. The Morgan fingerprint density at radius 1 is 1.37 bits per heavy atom. The molecule has 0 aliphatic heterocycles. The quantitative estimate of drug-likeness (QED) is 0.691. The number of nitrogens with zero attached hydrogens (tertiary/aromatic N) is 2.